The van der Waals surface area contributed by atoms with E-state index in [0.29, 0.717) is 5.92 Å². The molecule has 1 N–H and O–H groups in total. The molecule has 1 aromatic carbocycles. The molecule has 0 radical (unpaired) electrons. The van der Waals surface area contributed by atoms with Crippen molar-refractivity contribution in [3.8, 4) is 11.3 Å². The van der Waals surface area contributed by atoms with Crippen LogP contribution in [0.15, 0.2) is 36.5 Å². The van der Waals surface area contributed by atoms with Crippen LogP contribution >= 0.6 is 11.6 Å². The van der Waals surface area contributed by atoms with E-state index in [4.69, 9.17) is 16.3 Å². The van der Waals surface area contributed by atoms with E-state index in [9.17, 15) is 4.79 Å². The highest BCUT2D eigenvalue weighted by Gasteiger charge is 2.29. The van der Waals surface area contributed by atoms with Gasteiger partial charge in [-0.3, -0.25) is 0 Å². The van der Waals surface area contributed by atoms with Gasteiger partial charge < -0.3 is 15.0 Å². The van der Waals surface area contributed by atoms with E-state index in [0.717, 1.165) is 43.9 Å². The second-order valence-corrected chi connectivity index (χ2v) is 8.46. The van der Waals surface area contributed by atoms with Crippen molar-refractivity contribution >= 4 is 17.7 Å². The van der Waals surface area contributed by atoms with Gasteiger partial charge in [-0.1, -0.05) is 18.2 Å². The molecule has 2 aromatic rings. The van der Waals surface area contributed by atoms with Crippen molar-refractivity contribution in [2.45, 2.75) is 39.3 Å². The van der Waals surface area contributed by atoms with Crippen molar-refractivity contribution in [2.24, 2.45) is 5.92 Å². The number of ether oxygens (including phenoxy) is 1. The Morgan fingerprint density at radius 2 is 2.18 bits per heavy atom. The fraction of sp³-hybridized carbons (Fsp3) is 0.476. The lowest BCUT2D eigenvalue weighted by Crippen LogP contribution is -2.36. The summed E-state index contributed by atoms with van der Waals surface area (Å²) in [5.41, 5.74) is 2.55. The molecule has 0 bridgehead atoms. The van der Waals surface area contributed by atoms with Gasteiger partial charge in [0.1, 0.15) is 5.60 Å². The molecule has 28 heavy (non-hydrogen) atoms. The largest absolute Gasteiger partial charge is 0.444 e. The Labute approximate surface area is 171 Å². The van der Waals surface area contributed by atoms with Gasteiger partial charge in [-0.05, 0) is 62.4 Å². The predicted molar refractivity (Wildman–Crippen MR) is 110 cm³/mol. The molecule has 1 aliphatic rings. The maximum Gasteiger partial charge on any atom is 0.410 e. The summed E-state index contributed by atoms with van der Waals surface area (Å²) >= 11 is 5.89. The molecule has 150 valence electrons. The van der Waals surface area contributed by atoms with E-state index >= 15 is 0 Å². The van der Waals surface area contributed by atoms with Crippen molar-refractivity contribution in [3.63, 3.8) is 0 Å². The molecule has 3 rings (SSSR count). The fourth-order valence-electron chi connectivity index (χ4n) is 3.25. The first-order valence-corrected chi connectivity index (χ1v) is 9.94. The van der Waals surface area contributed by atoms with Gasteiger partial charge >= 0.3 is 6.09 Å². The van der Waals surface area contributed by atoms with Crippen LogP contribution < -0.4 is 5.32 Å². The van der Waals surface area contributed by atoms with Gasteiger partial charge in [0.2, 0.25) is 5.28 Å². The average Bonchev–Trinajstić information content (AvgIpc) is 3.10. The summed E-state index contributed by atoms with van der Waals surface area (Å²) < 4.78 is 5.45. The number of hydrogen-bond acceptors (Lipinski definition) is 5. The fourth-order valence-corrected chi connectivity index (χ4v) is 3.40. The first-order valence-electron chi connectivity index (χ1n) is 9.57. The quantitative estimate of drug-likeness (QED) is 0.761. The molecule has 1 aromatic heterocycles. The van der Waals surface area contributed by atoms with Crippen LogP contribution in [0, 0.1) is 5.92 Å². The molecule has 1 unspecified atom stereocenters. The molecule has 6 nitrogen and oxygen atoms in total. The molecule has 1 aliphatic heterocycles. The smallest absolute Gasteiger partial charge is 0.410 e. The van der Waals surface area contributed by atoms with E-state index < -0.39 is 5.60 Å². The van der Waals surface area contributed by atoms with Crippen molar-refractivity contribution in [3.05, 3.63) is 47.4 Å². The molecular formula is C21H27ClN4O2. The lowest BCUT2D eigenvalue weighted by atomic mass is 10.1. The Bertz CT molecular complexity index is 822. The molecule has 0 spiro atoms. The van der Waals surface area contributed by atoms with Gasteiger partial charge in [-0.2, -0.15) is 0 Å². The van der Waals surface area contributed by atoms with Gasteiger partial charge in [0.15, 0.2) is 0 Å². The maximum absolute atomic E-state index is 12.2. The molecule has 1 amide bonds. The van der Waals surface area contributed by atoms with Crippen LogP contribution in [-0.4, -0.2) is 46.2 Å². The molecular weight excluding hydrogens is 376 g/mol. The normalized spacial score (nSPS) is 17.0. The number of rotatable bonds is 5. The minimum absolute atomic E-state index is 0.216. The standard InChI is InChI=1S/C21H27ClN4O2/c1-21(2,3)28-20(27)26-10-8-16(14-26)13-23-12-15-5-4-6-17(11-15)18-7-9-24-19(22)25-18/h4-7,9,11,16,23H,8,10,12-14H2,1-3H3. The van der Waals surface area contributed by atoms with Crippen LogP contribution in [0.1, 0.15) is 32.8 Å². The number of hydrogen-bond donors (Lipinski definition) is 1. The summed E-state index contributed by atoms with van der Waals surface area (Å²) in [6.07, 6.45) is 2.43. The van der Waals surface area contributed by atoms with Crippen molar-refractivity contribution < 1.29 is 9.53 Å². The minimum Gasteiger partial charge on any atom is -0.444 e. The number of aromatic nitrogens is 2. The van der Waals surface area contributed by atoms with Crippen LogP contribution in [0.5, 0.6) is 0 Å². The van der Waals surface area contributed by atoms with Gasteiger partial charge in [0.25, 0.3) is 0 Å². The number of amides is 1. The highest BCUT2D eigenvalue weighted by Crippen LogP contribution is 2.21. The average molecular weight is 403 g/mol. The predicted octanol–water partition coefficient (Wildman–Crippen LogP) is 4.14. The van der Waals surface area contributed by atoms with Crippen molar-refractivity contribution in [2.75, 3.05) is 19.6 Å². The van der Waals surface area contributed by atoms with Crippen LogP contribution in [-0.2, 0) is 11.3 Å². The second kappa shape index (κ2) is 8.88. The van der Waals surface area contributed by atoms with Crippen LogP contribution in [0.4, 0.5) is 4.79 Å². The van der Waals surface area contributed by atoms with E-state index in [1.54, 1.807) is 11.1 Å². The first kappa shape index (κ1) is 20.6. The summed E-state index contributed by atoms with van der Waals surface area (Å²) in [6.45, 7) is 8.79. The molecule has 1 saturated heterocycles. The summed E-state index contributed by atoms with van der Waals surface area (Å²) in [6, 6.07) is 10.1. The zero-order valence-corrected chi connectivity index (χ0v) is 17.4. The number of likely N-dealkylation sites (tertiary alicyclic amines) is 1. The molecule has 0 saturated carbocycles. The lowest BCUT2D eigenvalue weighted by molar-refractivity contribution is 0.0288. The Balaban J connectivity index is 1.48. The molecule has 2 heterocycles. The SMILES string of the molecule is CC(C)(C)OC(=O)N1CCC(CNCc2cccc(-c3ccnc(Cl)n3)c2)C1. The number of carbonyl (C=O) groups is 1. The van der Waals surface area contributed by atoms with Gasteiger partial charge in [-0.25, -0.2) is 14.8 Å². The van der Waals surface area contributed by atoms with Crippen molar-refractivity contribution in [1.82, 2.24) is 20.2 Å². The summed E-state index contributed by atoms with van der Waals surface area (Å²) in [7, 11) is 0. The highest BCUT2D eigenvalue weighted by molar-refractivity contribution is 6.28. The number of halogens is 1. The van der Waals surface area contributed by atoms with E-state index in [-0.39, 0.29) is 11.4 Å². The van der Waals surface area contributed by atoms with Gasteiger partial charge in [-0.15, -0.1) is 0 Å². The topological polar surface area (TPSA) is 67.3 Å². The number of nitrogens with zero attached hydrogens (tertiary/aromatic N) is 3. The van der Waals surface area contributed by atoms with E-state index in [2.05, 4.69) is 27.4 Å². The molecule has 7 heteroatoms. The van der Waals surface area contributed by atoms with Gasteiger partial charge in [0.05, 0.1) is 5.69 Å². The summed E-state index contributed by atoms with van der Waals surface area (Å²) in [5, 5.41) is 3.75. The third-order valence-corrected chi connectivity index (χ3v) is 4.73. The minimum atomic E-state index is -0.452. The van der Waals surface area contributed by atoms with Crippen molar-refractivity contribution in [1.29, 1.82) is 0 Å². The zero-order chi connectivity index (χ0) is 20.1. The van der Waals surface area contributed by atoms with Crippen LogP contribution in [0.3, 0.4) is 0 Å². The van der Waals surface area contributed by atoms with Crippen LogP contribution in [0.25, 0.3) is 11.3 Å². The first-order chi connectivity index (χ1) is 13.3. The highest BCUT2D eigenvalue weighted by atomic mass is 35.5. The summed E-state index contributed by atoms with van der Waals surface area (Å²) in [5.74, 6) is 0.441. The van der Waals surface area contributed by atoms with E-state index in [1.807, 2.05) is 39.0 Å². The number of carbonyl (C=O) groups excluding carboxylic acids is 1. The van der Waals surface area contributed by atoms with Crippen LogP contribution in [0.2, 0.25) is 5.28 Å². The Hall–Kier alpha value is -2.18. The molecule has 0 aliphatic carbocycles. The maximum atomic E-state index is 12.2. The number of benzene rings is 1. The lowest BCUT2D eigenvalue weighted by Gasteiger charge is -2.24. The monoisotopic (exact) mass is 402 g/mol. The Morgan fingerprint density at radius 1 is 1.36 bits per heavy atom. The van der Waals surface area contributed by atoms with E-state index in [1.165, 1.54) is 5.56 Å². The zero-order valence-electron chi connectivity index (χ0n) is 16.6. The Morgan fingerprint density at radius 3 is 2.93 bits per heavy atom. The summed E-state index contributed by atoms with van der Waals surface area (Å²) in [4.78, 5) is 22.2. The Kier molecular flexibility index (Phi) is 6.52. The third-order valence-electron chi connectivity index (χ3n) is 4.55. The molecule has 1 atom stereocenters. The van der Waals surface area contributed by atoms with Gasteiger partial charge in [0, 0.05) is 37.9 Å². The molecule has 1 fully saturated rings. The number of nitrogens with one attached hydrogen (secondary N) is 1. The third kappa shape index (κ3) is 5.91. The second-order valence-electron chi connectivity index (χ2n) is 8.12.